The maximum absolute atomic E-state index is 3.23. The molecule has 2 fully saturated rings. The number of rotatable bonds is 0. The molecule has 0 aromatic carbocycles. The van der Waals surface area contributed by atoms with Crippen molar-refractivity contribution in [1.29, 1.82) is 0 Å². The van der Waals surface area contributed by atoms with Gasteiger partial charge in [-0.1, -0.05) is 11.8 Å². The normalized spacial score (nSPS) is 67.4. The summed E-state index contributed by atoms with van der Waals surface area (Å²) in [7, 11) is 0. The van der Waals surface area contributed by atoms with Gasteiger partial charge in [0.25, 0.3) is 0 Å². The Balaban J connectivity index is 2.30. The number of hydrogen-bond donors (Lipinski definition) is 0. The highest BCUT2D eigenvalue weighted by atomic mass is 14.7. The third-order valence-corrected chi connectivity index (χ3v) is 2.67. The number of hydrogen-bond acceptors (Lipinski definition) is 0. The predicted molar refractivity (Wildman–Crippen MR) is 26.4 cm³/mol. The van der Waals surface area contributed by atoms with Gasteiger partial charge < -0.3 is 0 Å². The zero-order chi connectivity index (χ0) is 4.48. The van der Waals surface area contributed by atoms with Crippen LogP contribution < -0.4 is 0 Å². The second-order valence-electron chi connectivity index (χ2n) is 3.04. The van der Waals surface area contributed by atoms with Crippen LogP contribution in [0.15, 0.2) is 0 Å². The minimum atomic E-state index is 0.806. The highest BCUT2D eigenvalue weighted by molar-refractivity contribution is 5.41. The minimum Gasteiger partial charge on any atom is -0.0989 e. The molecule has 0 bridgehead atoms. The smallest absolute Gasteiger partial charge is 0.0278 e. The minimum absolute atomic E-state index is 0.806. The molecule has 0 aromatic heterocycles. The van der Waals surface area contributed by atoms with Crippen molar-refractivity contribution in [3.8, 4) is 11.8 Å². The topological polar surface area (TPSA) is 0 Å². The average molecular weight is 90.1 g/mol. The molecule has 0 radical (unpaired) electrons. The van der Waals surface area contributed by atoms with Gasteiger partial charge in [-0.2, -0.15) is 0 Å². The first-order chi connectivity index (χ1) is 3.42. The van der Waals surface area contributed by atoms with Gasteiger partial charge >= 0.3 is 0 Å². The van der Waals surface area contributed by atoms with E-state index in [1.54, 1.807) is 0 Å². The molecule has 2 saturated carbocycles. The first-order valence-corrected chi connectivity index (χ1v) is 2.93. The van der Waals surface area contributed by atoms with Crippen molar-refractivity contribution >= 4 is 0 Å². The van der Waals surface area contributed by atoms with Crippen molar-refractivity contribution in [3.05, 3.63) is 0 Å². The molecule has 1 spiro atoms. The maximum atomic E-state index is 3.23. The molecule has 34 valence electrons. The summed E-state index contributed by atoms with van der Waals surface area (Å²) in [5.74, 6) is 8.21. The van der Waals surface area contributed by atoms with Gasteiger partial charge in [0.15, 0.2) is 0 Å². The van der Waals surface area contributed by atoms with Crippen LogP contribution in [0.3, 0.4) is 0 Å². The molecule has 7 heavy (non-hydrogen) atoms. The van der Waals surface area contributed by atoms with Gasteiger partial charge in [0.05, 0.1) is 0 Å². The summed E-state index contributed by atoms with van der Waals surface area (Å²) in [5.41, 5.74) is 0.806. The fourth-order valence-electron chi connectivity index (χ4n) is 1.84. The molecular weight excluding hydrogens is 84.1 g/mol. The Hall–Kier alpha value is -0.440. The van der Waals surface area contributed by atoms with E-state index in [1.165, 1.54) is 12.8 Å². The van der Waals surface area contributed by atoms with Crippen LogP contribution in [-0.4, -0.2) is 0 Å². The van der Waals surface area contributed by atoms with Gasteiger partial charge in [-0.05, 0) is 12.8 Å². The molecule has 3 aliphatic carbocycles. The van der Waals surface area contributed by atoms with Crippen molar-refractivity contribution in [2.24, 2.45) is 17.3 Å². The van der Waals surface area contributed by atoms with Crippen molar-refractivity contribution in [2.75, 3.05) is 0 Å². The predicted octanol–water partition coefficient (Wildman–Crippen LogP) is 1.03. The first-order valence-electron chi connectivity index (χ1n) is 2.93. The Kier molecular flexibility index (Phi) is 0.189. The molecule has 0 aliphatic heterocycles. The molecule has 0 aromatic rings. The van der Waals surface area contributed by atoms with Crippen LogP contribution in [0.1, 0.15) is 12.8 Å². The lowest BCUT2D eigenvalue weighted by molar-refractivity contribution is 0.811. The molecule has 0 nitrogen and oxygen atoms in total. The molecule has 0 heterocycles. The van der Waals surface area contributed by atoms with Crippen molar-refractivity contribution in [2.45, 2.75) is 12.8 Å². The fraction of sp³-hybridized carbons (Fsp3) is 0.714. The van der Waals surface area contributed by atoms with Crippen LogP contribution in [-0.2, 0) is 0 Å². The van der Waals surface area contributed by atoms with Crippen molar-refractivity contribution in [1.82, 2.24) is 0 Å². The van der Waals surface area contributed by atoms with Gasteiger partial charge in [0.2, 0.25) is 0 Å². The summed E-state index contributed by atoms with van der Waals surface area (Å²) in [6.07, 6.45) is 2.90. The maximum Gasteiger partial charge on any atom is 0.0278 e. The summed E-state index contributed by atoms with van der Waals surface area (Å²) in [6, 6.07) is 0. The Morgan fingerprint density at radius 3 is 1.86 bits per heavy atom. The summed E-state index contributed by atoms with van der Waals surface area (Å²) >= 11 is 0. The van der Waals surface area contributed by atoms with E-state index in [0.29, 0.717) is 0 Å². The lowest BCUT2D eigenvalue weighted by Crippen LogP contribution is -1.68. The Morgan fingerprint density at radius 1 is 1.14 bits per heavy atom. The summed E-state index contributed by atoms with van der Waals surface area (Å²) in [5, 5.41) is 0. The van der Waals surface area contributed by atoms with Crippen LogP contribution in [0.5, 0.6) is 0 Å². The second-order valence-corrected chi connectivity index (χ2v) is 3.04. The van der Waals surface area contributed by atoms with E-state index in [0.717, 1.165) is 17.3 Å². The summed E-state index contributed by atoms with van der Waals surface area (Å²) in [6.45, 7) is 0. The van der Waals surface area contributed by atoms with E-state index in [4.69, 9.17) is 0 Å². The average Bonchev–Trinajstić information content (AvgIpc) is 2.49. The Morgan fingerprint density at radius 2 is 1.71 bits per heavy atom. The second kappa shape index (κ2) is 0.478. The van der Waals surface area contributed by atoms with E-state index in [2.05, 4.69) is 11.8 Å². The van der Waals surface area contributed by atoms with Gasteiger partial charge in [0, 0.05) is 17.3 Å². The summed E-state index contributed by atoms with van der Waals surface area (Å²) < 4.78 is 0. The Bertz CT molecular complexity index is 172. The summed E-state index contributed by atoms with van der Waals surface area (Å²) in [4.78, 5) is 0. The molecule has 0 N–H and O–H groups in total. The van der Waals surface area contributed by atoms with Crippen LogP contribution >= 0.6 is 0 Å². The molecule has 0 heteroatoms. The van der Waals surface area contributed by atoms with Gasteiger partial charge in [-0.25, -0.2) is 0 Å². The molecule has 0 saturated heterocycles. The lowest BCUT2D eigenvalue weighted by Gasteiger charge is -1.69. The molecule has 2 unspecified atom stereocenters. The third kappa shape index (κ3) is 0.138. The third-order valence-electron chi connectivity index (χ3n) is 2.67. The van der Waals surface area contributed by atoms with Gasteiger partial charge in [-0.3, -0.25) is 0 Å². The van der Waals surface area contributed by atoms with Crippen molar-refractivity contribution < 1.29 is 0 Å². The standard InChI is InChI=1S/C7H6/c1-2-6-4-7(6)3-5(1)7/h5-6H,3-4H2. The van der Waals surface area contributed by atoms with Gasteiger partial charge in [-0.15, -0.1) is 0 Å². The monoisotopic (exact) mass is 90.0 g/mol. The van der Waals surface area contributed by atoms with Crippen LogP contribution in [0.2, 0.25) is 0 Å². The Labute approximate surface area is 42.9 Å². The molecule has 2 atom stereocenters. The quantitative estimate of drug-likeness (QED) is 0.390. The zero-order valence-electron chi connectivity index (χ0n) is 4.07. The van der Waals surface area contributed by atoms with Crippen LogP contribution in [0, 0.1) is 29.1 Å². The SMILES string of the molecule is C1#CC2CC23CC13. The molecule has 0 amide bonds. The molecule has 3 rings (SSSR count). The van der Waals surface area contributed by atoms with Crippen LogP contribution in [0.4, 0.5) is 0 Å². The van der Waals surface area contributed by atoms with Gasteiger partial charge in [0.1, 0.15) is 0 Å². The lowest BCUT2D eigenvalue weighted by atomic mass is 10.3. The van der Waals surface area contributed by atoms with E-state index < -0.39 is 0 Å². The van der Waals surface area contributed by atoms with Crippen LogP contribution in [0.25, 0.3) is 0 Å². The zero-order valence-corrected chi connectivity index (χ0v) is 4.07. The fourth-order valence-corrected chi connectivity index (χ4v) is 1.84. The van der Waals surface area contributed by atoms with E-state index >= 15 is 0 Å². The van der Waals surface area contributed by atoms with E-state index in [1.807, 2.05) is 0 Å². The molecular formula is C7H6. The first kappa shape index (κ1) is 2.77. The largest absolute Gasteiger partial charge is 0.0989 e. The molecule has 3 aliphatic rings. The van der Waals surface area contributed by atoms with Crippen molar-refractivity contribution in [3.63, 3.8) is 0 Å². The highest BCUT2D eigenvalue weighted by Crippen LogP contribution is 2.76. The van der Waals surface area contributed by atoms with E-state index in [-0.39, 0.29) is 0 Å². The highest BCUT2D eigenvalue weighted by Gasteiger charge is 2.72. The van der Waals surface area contributed by atoms with E-state index in [9.17, 15) is 0 Å².